The Kier molecular flexibility index (Phi) is 6.72. The molecule has 0 aromatic carbocycles. The van der Waals surface area contributed by atoms with Crippen LogP contribution in [0.5, 0.6) is 0 Å². The Bertz CT molecular complexity index is 194. The molecule has 0 radical (unpaired) electrons. The monoisotopic (exact) mass is 256 g/mol. The van der Waals surface area contributed by atoms with Crippen molar-refractivity contribution >= 4 is 6.71 Å². The van der Waals surface area contributed by atoms with Crippen LogP contribution in [0.4, 0.5) is 0 Å². The van der Waals surface area contributed by atoms with Crippen LogP contribution in [0.25, 0.3) is 0 Å². The lowest BCUT2D eigenvalue weighted by Gasteiger charge is -2.46. The van der Waals surface area contributed by atoms with Crippen molar-refractivity contribution in [3.05, 3.63) is 0 Å². The Morgan fingerprint density at radius 2 is 0.611 bits per heavy atom. The smallest absolute Gasteiger partial charge is 0.156 e. The second-order valence-corrected chi connectivity index (χ2v) is 9.35. The fourth-order valence-electron chi connectivity index (χ4n) is 3.90. The first-order chi connectivity index (χ1) is 7.37. The molecule has 110 valence electrons. The van der Waals surface area contributed by atoms with Gasteiger partial charge in [-0.15, -0.1) is 0 Å². The van der Waals surface area contributed by atoms with Crippen molar-refractivity contribution in [3.8, 4) is 0 Å². The quantitative estimate of drug-likeness (QED) is 0.494. The molecule has 3 heteroatoms. The highest BCUT2D eigenvalue weighted by atomic mass is 14.9. The summed E-state index contributed by atoms with van der Waals surface area (Å²) in [6, 6.07) is 0. The van der Waals surface area contributed by atoms with Crippen LogP contribution in [0.2, 0.25) is 15.9 Å². The van der Waals surface area contributed by atoms with Gasteiger partial charge in [-0.3, -0.25) is 0 Å². The second-order valence-electron chi connectivity index (χ2n) is 9.35. The summed E-state index contributed by atoms with van der Waals surface area (Å²) in [4.78, 5) is 0. The molecular weight excluding hydrogens is 219 g/mol. The molecule has 0 unspecified atom stereocenters. The highest BCUT2D eigenvalue weighted by Crippen LogP contribution is 2.52. The molecule has 0 fully saturated rings. The highest BCUT2D eigenvalue weighted by Gasteiger charge is 2.45. The Labute approximate surface area is 116 Å². The average Bonchev–Trinajstić information content (AvgIpc) is 1.65. The maximum absolute atomic E-state index is 5.13. The van der Waals surface area contributed by atoms with Gasteiger partial charge in [0.2, 0.25) is 0 Å². The van der Waals surface area contributed by atoms with Crippen molar-refractivity contribution in [3.63, 3.8) is 0 Å². The van der Waals surface area contributed by atoms with E-state index in [1.54, 1.807) is 13.8 Å². The molecule has 0 aromatic heterocycles. The van der Waals surface area contributed by atoms with Crippen LogP contribution in [0.1, 0.15) is 76.2 Å². The molecule has 0 aromatic rings. The molecule has 0 saturated carbocycles. The molecular formula is C15H37BN2. The summed E-state index contributed by atoms with van der Waals surface area (Å²) in [6.07, 6.45) is 0. The van der Waals surface area contributed by atoms with E-state index in [2.05, 4.69) is 62.3 Å². The van der Waals surface area contributed by atoms with Crippen molar-refractivity contribution < 1.29 is 0 Å². The Balaban J connectivity index is 0. The van der Waals surface area contributed by atoms with Gasteiger partial charge in [-0.05, 0) is 13.8 Å². The molecule has 4 N–H and O–H groups in total. The fourth-order valence-corrected chi connectivity index (χ4v) is 3.90. The predicted octanol–water partition coefficient (Wildman–Crippen LogP) is 4.52. The molecule has 0 aliphatic rings. The van der Waals surface area contributed by atoms with E-state index in [0.29, 0.717) is 15.9 Å². The van der Waals surface area contributed by atoms with Crippen LogP contribution in [0.3, 0.4) is 0 Å². The number of hydrogen-bond donors (Lipinski definition) is 2. The van der Waals surface area contributed by atoms with Crippen molar-refractivity contribution in [1.82, 2.24) is 0 Å². The van der Waals surface area contributed by atoms with E-state index in [9.17, 15) is 0 Å². The van der Waals surface area contributed by atoms with Gasteiger partial charge in [0, 0.05) is 0 Å². The van der Waals surface area contributed by atoms with E-state index in [4.69, 9.17) is 11.5 Å². The van der Waals surface area contributed by atoms with Gasteiger partial charge >= 0.3 is 0 Å². The lowest BCUT2D eigenvalue weighted by molar-refractivity contribution is 0.546. The summed E-state index contributed by atoms with van der Waals surface area (Å²) in [5.74, 6) is 0. The Morgan fingerprint density at radius 3 is 0.611 bits per heavy atom. The summed E-state index contributed by atoms with van der Waals surface area (Å²) in [5, 5.41) is 1.16. The largest absolute Gasteiger partial charge is 0.314 e. The van der Waals surface area contributed by atoms with Crippen molar-refractivity contribution in [2.75, 3.05) is 0 Å². The van der Waals surface area contributed by atoms with Crippen molar-refractivity contribution in [2.24, 2.45) is 11.5 Å². The van der Waals surface area contributed by atoms with E-state index >= 15 is 0 Å². The van der Waals surface area contributed by atoms with Gasteiger partial charge in [0.1, 0.15) is 0 Å². The lowest BCUT2D eigenvalue weighted by Crippen LogP contribution is -2.42. The van der Waals surface area contributed by atoms with Crippen LogP contribution < -0.4 is 11.5 Å². The molecule has 0 saturated heterocycles. The zero-order valence-electron chi connectivity index (χ0n) is 14.7. The normalized spacial score (nSPS) is 13.8. The molecule has 18 heavy (non-hydrogen) atoms. The molecule has 0 rings (SSSR count). The van der Waals surface area contributed by atoms with Crippen LogP contribution in [0, 0.1) is 0 Å². The maximum atomic E-state index is 5.13. The minimum Gasteiger partial charge on any atom is -0.314 e. The molecule has 2 nitrogen and oxygen atoms in total. The van der Waals surface area contributed by atoms with Crippen LogP contribution in [-0.4, -0.2) is 12.4 Å². The summed E-state index contributed by atoms with van der Waals surface area (Å²) >= 11 is 0. The number of hydrogen-bond acceptors (Lipinski definition) is 2. The van der Waals surface area contributed by atoms with Gasteiger partial charge in [-0.1, -0.05) is 78.3 Å². The van der Waals surface area contributed by atoms with E-state index < -0.39 is 5.66 Å². The summed E-state index contributed by atoms with van der Waals surface area (Å²) < 4.78 is 0. The first-order valence-electron chi connectivity index (χ1n) is 6.94. The maximum Gasteiger partial charge on any atom is 0.156 e. The summed E-state index contributed by atoms with van der Waals surface area (Å²) in [7, 11) is 0. The number of rotatable bonds is 0. The molecule has 0 aliphatic carbocycles. The molecule has 0 heterocycles. The zero-order chi connectivity index (χ0) is 15.6. The first-order valence-corrected chi connectivity index (χ1v) is 6.94. The van der Waals surface area contributed by atoms with Gasteiger partial charge in [0.15, 0.2) is 6.71 Å². The minimum atomic E-state index is -0.500. The van der Waals surface area contributed by atoms with Crippen LogP contribution >= 0.6 is 0 Å². The van der Waals surface area contributed by atoms with E-state index in [0.717, 1.165) is 6.71 Å². The third kappa shape index (κ3) is 11.1. The third-order valence-electron chi connectivity index (χ3n) is 2.60. The number of nitrogens with two attached hydrogens (primary N) is 2. The Hall–Kier alpha value is -0.0151. The molecule has 0 aliphatic heterocycles. The minimum absolute atomic E-state index is 0.385. The molecule has 0 bridgehead atoms. The lowest BCUT2D eigenvalue weighted by atomic mass is 9.15. The topological polar surface area (TPSA) is 52.0 Å². The third-order valence-corrected chi connectivity index (χ3v) is 2.60. The van der Waals surface area contributed by atoms with Crippen LogP contribution in [-0.2, 0) is 0 Å². The van der Waals surface area contributed by atoms with Gasteiger partial charge in [0.25, 0.3) is 0 Å². The Morgan fingerprint density at radius 1 is 0.500 bits per heavy atom. The van der Waals surface area contributed by atoms with Crippen LogP contribution in [0.15, 0.2) is 0 Å². The van der Waals surface area contributed by atoms with E-state index in [1.165, 1.54) is 0 Å². The predicted molar refractivity (Wildman–Crippen MR) is 87.4 cm³/mol. The second kappa shape index (κ2) is 5.96. The molecule has 0 atom stereocenters. The van der Waals surface area contributed by atoms with Gasteiger partial charge in [-0.2, -0.15) is 0 Å². The van der Waals surface area contributed by atoms with Gasteiger partial charge in [-0.25, -0.2) is 0 Å². The fraction of sp³-hybridized carbons (Fsp3) is 1.00. The average molecular weight is 256 g/mol. The molecule has 0 spiro atoms. The molecule has 0 amide bonds. The van der Waals surface area contributed by atoms with Gasteiger partial charge in [0.05, 0.1) is 5.66 Å². The SMILES string of the molecule is CC(C)(C)B(C(C)(C)C)C(C)(C)C.CC(C)(N)N. The first kappa shape index (κ1) is 20.3. The van der Waals surface area contributed by atoms with Crippen molar-refractivity contribution in [1.29, 1.82) is 0 Å². The summed E-state index contributed by atoms with van der Waals surface area (Å²) in [5.41, 5.74) is 9.76. The highest BCUT2D eigenvalue weighted by molar-refractivity contribution is 6.68. The summed E-state index contributed by atoms with van der Waals surface area (Å²) in [6.45, 7) is 25.4. The van der Waals surface area contributed by atoms with E-state index in [-0.39, 0.29) is 0 Å². The standard InChI is InChI=1S/C12H27B.C3H10N2/c1-10(2,3)13(11(4,5)6)12(7,8)9;1-3(2,4)5/h1-9H3;4-5H2,1-2H3. The zero-order valence-corrected chi connectivity index (χ0v) is 14.7. The van der Waals surface area contributed by atoms with Crippen molar-refractivity contribution in [2.45, 2.75) is 97.8 Å². The van der Waals surface area contributed by atoms with E-state index in [1.807, 2.05) is 0 Å². The van der Waals surface area contributed by atoms with Gasteiger partial charge < -0.3 is 11.5 Å².